The first-order valence-corrected chi connectivity index (χ1v) is 6.56. The molecule has 0 aromatic carbocycles. The van der Waals surface area contributed by atoms with Crippen molar-refractivity contribution in [2.24, 2.45) is 5.41 Å². The van der Waals surface area contributed by atoms with Gasteiger partial charge >= 0.3 is 0 Å². The van der Waals surface area contributed by atoms with Crippen LogP contribution in [-0.2, 0) is 6.54 Å². The van der Waals surface area contributed by atoms with Crippen LogP contribution in [0.2, 0.25) is 0 Å². The Hall–Kier alpha value is -0.450. The number of aliphatic hydroxyl groups excluding tert-OH is 1. The van der Waals surface area contributed by atoms with Gasteiger partial charge in [-0.3, -0.25) is 0 Å². The first kappa shape index (κ1) is 13.6. The first-order valence-electron chi connectivity index (χ1n) is 5.68. The monoisotopic (exact) mass is 242 g/mol. The van der Waals surface area contributed by atoms with E-state index < -0.39 is 0 Å². The zero-order valence-corrected chi connectivity index (χ0v) is 11.4. The standard InChI is InChI=1S/C12H22N2OS/c1-9-14-10(8-16-9)7-13-11(5-6-15)12(2,3)4/h8,11,13,15H,5-7H2,1-4H3. The van der Waals surface area contributed by atoms with E-state index in [0.717, 1.165) is 23.7 Å². The lowest BCUT2D eigenvalue weighted by Crippen LogP contribution is -2.40. The van der Waals surface area contributed by atoms with Crippen LogP contribution in [0.1, 0.15) is 37.9 Å². The highest BCUT2D eigenvalue weighted by molar-refractivity contribution is 7.09. The van der Waals surface area contributed by atoms with Crippen LogP contribution in [0.4, 0.5) is 0 Å². The SMILES string of the molecule is Cc1nc(CNC(CCO)C(C)(C)C)cs1. The van der Waals surface area contributed by atoms with E-state index in [9.17, 15) is 0 Å². The maximum absolute atomic E-state index is 9.05. The zero-order chi connectivity index (χ0) is 12.2. The number of nitrogens with zero attached hydrogens (tertiary/aromatic N) is 1. The Bertz CT molecular complexity index is 317. The van der Waals surface area contributed by atoms with E-state index in [0.29, 0.717) is 6.04 Å². The molecule has 3 nitrogen and oxygen atoms in total. The predicted octanol–water partition coefficient (Wildman–Crippen LogP) is 2.34. The second-order valence-corrected chi connectivity index (χ2v) is 6.23. The highest BCUT2D eigenvalue weighted by atomic mass is 32.1. The van der Waals surface area contributed by atoms with Crippen molar-refractivity contribution >= 4 is 11.3 Å². The van der Waals surface area contributed by atoms with E-state index in [4.69, 9.17) is 5.11 Å². The lowest BCUT2D eigenvalue weighted by Gasteiger charge is -2.31. The molecule has 1 rings (SSSR count). The van der Waals surface area contributed by atoms with E-state index in [1.54, 1.807) is 11.3 Å². The van der Waals surface area contributed by atoms with Crippen LogP contribution in [0.25, 0.3) is 0 Å². The van der Waals surface area contributed by atoms with Gasteiger partial charge in [0, 0.05) is 24.6 Å². The predicted molar refractivity (Wildman–Crippen MR) is 68.6 cm³/mol. The van der Waals surface area contributed by atoms with Gasteiger partial charge in [-0.15, -0.1) is 11.3 Å². The van der Waals surface area contributed by atoms with Gasteiger partial charge in [0.15, 0.2) is 0 Å². The molecule has 0 fully saturated rings. The molecule has 2 N–H and O–H groups in total. The highest BCUT2D eigenvalue weighted by Gasteiger charge is 2.23. The van der Waals surface area contributed by atoms with Gasteiger partial charge < -0.3 is 10.4 Å². The summed E-state index contributed by atoms with van der Waals surface area (Å²) in [4.78, 5) is 4.42. The molecule has 1 aromatic heterocycles. The number of hydrogen-bond acceptors (Lipinski definition) is 4. The second kappa shape index (κ2) is 5.75. The summed E-state index contributed by atoms with van der Waals surface area (Å²) in [5.74, 6) is 0. The van der Waals surface area contributed by atoms with Crippen molar-refractivity contribution in [3.05, 3.63) is 16.1 Å². The molecule has 0 saturated heterocycles. The van der Waals surface area contributed by atoms with Gasteiger partial charge in [-0.2, -0.15) is 0 Å². The van der Waals surface area contributed by atoms with Crippen molar-refractivity contribution in [2.75, 3.05) is 6.61 Å². The molecule has 1 unspecified atom stereocenters. The maximum Gasteiger partial charge on any atom is 0.0897 e. The summed E-state index contributed by atoms with van der Waals surface area (Å²) in [5.41, 5.74) is 1.25. The molecule has 0 aliphatic heterocycles. The summed E-state index contributed by atoms with van der Waals surface area (Å²) in [5, 5.41) is 15.7. The summed E-state index contributed by atoms with van der Waals surface area (Å²) >= 11 is 1.68. The van der Waals surface area contributed by atoms with Gasteiger partial charge in [0.25, 0.3) is 0 Å². The molecule has 1 heterocycles. The molecule has 0 radical (unpaired) electrons. The van der Waals surface area contributed by atoms with Crippen molar-refractivity contribution in [2.45, 2.75) is 46.7 Å². The Morgan fingerprint density at radius 3 is 2.62 bits per heavy atom. The Labute approximate surface area is 102 Å². The van der Waals surface area contributed by atoms with E-state index in [-0.39, 0.29) is 12.0 Å². The number of aliphatic hydroxyl groups is 1. The lowest BCUT2D eigenvalue weighted by atomic mass is 9.85. The molecular weight excluding hydrogens is 220 g/mol. The molecule has 0 aliphatic carbocycles. The molecule has 0 aliphatic rings. The Kier molecular flexibility index (Phi) is 4.89. The van der Waals surface area contributed by atoms with Crippen molar-refractivity contribution in [1.82, 2.24) is 10.3 Å². The van der Waals surface area contributed by atoms with Crippen molar-refractivity contribution in [1.29, 1.82) is 0 Å². The third-order valence-electron chi connectivity index (χ3n) is 2.66. The van der Waals surface area contributed by atoms with Crippen LogP contribution in [0.15, 0.2) is 5.38 Å². The third-order valence-corrected chi connectivity index (χ3v) is 3.48. The Morgan fingerprint density at radius 1 is 1.50 bits per heavy atom. The van der Waals surface area contributed by atoms with E-state index >= 15 is 0 Å². The smallest absolute Gasteiger partial charge is 0.0897 e. The van der Waals surface area contributed by atoms with E-state index in [1.165, 1.54) is 0 Å². The average Bonchev–Trinajstić information content (AvgIpc) is 2.57. The first-order chi connectivity index (χ1) is 7.43. The summed E-state index contributed by atoms with van der Waals surface area (Å²) in [6.45, 7) is 9.59. The summed E-state index contributed by atoms with van der Waals surface area (Å²) < 4.78 is 0. The van der Waals surface area contributed by atoms with Crippen LogP contribution in [-0.4, -0.2) is 22.7 Å². The molecule has 4 heteroatoms. The molecule has 0 saturated carbocycles. The molecule has 16 heavy (non-hydrogen) atoms. The van der Waals surface area contributed by atoms with Gasteiger partial charge in [0.2, 0.25) is 0 Å². The summed E-state index contributed by atoms with van der Waals surface area (Å²) in [6, 6.07) is 0.319. The fraction of sp³-hybridized carbons (Fsp3) is 0.750. The van der Waals surface area contributed by atoms with E-state index in [2.05, 4.69) is 36.5 Å². The van der Waals surface area contributed by atoms with Gasteiger partial charge in [-0.1, -0.05) is 20.8 Å². The number of hydrogen-bond donors (Lipinski definition) is 2. The molecule has 92 valence electrons. The number of nitrogens with one attached hydrogen (secondary N) is 1. The fourth-order valence-corrected chi connectivity index (χ4v) is 2.30. The number of aryl methyl sites for hydroxylation is 1. The molecule has 0 bridgehead atoms. The minimum atomic E-state index is 0.161. The van der Waals surface area contributed by atoms with Gasteiger partial charge in [-0.05, 0) is 18.8 Å². The van der Waals surface area contributed by atoms with Crippen LogP contribution < -0.4 is 5.32 Å². The lowest BCUT2D eigenvalue weighted by molar-refractivity contribution is 0.196. The zero-order valence-electron chi connectivity index (χ0n) is 10.6. The molecule has 1 atom stereocenters. The second-order valence-electron chi connectivity index (χ2n) is 5.17. The summed E-state index contributed by atoms with van der Waals surface area (Å²) in [6.07, 6.45) is 0.784. The van der Waals surface area contributed by atoms with Crippen LogP contribution in [0.5, 0.6) is 0 Å². The fourth-order valence-electron chi connectivity index (χ4n) is 1.69. The van der Waals surface area contributed by atoms with Crippen LogP contribution >= 0.6 is 11.3 Å². The Balaban J connectivity index is 2.50. The maximum atomic E-state index is 9.05. The molecule has 0 spiro atoms. The van der Waals surface area contributed by atoms with Gasteiger partial charge in [0.05, 0.1) is 10.7 Å². The van der Waals surface area contributed by atoms with Crippen LogP contribution in [0, 0.1) is 12.3 Å². The largest absolute Gasteiger partial charge is 0.396 e. The number of rotatable bonds is 5. The quantitative estimate of drug-likeness (QED) is 0.833. The molecule has 1 aromatic rings. The summed E-state index contributed by atoms with van der Waals surface area (Å²) in [7, 11) is 0. The topological polar surface area (TPSA) is 45.2 Å². The number of thiazole rings is 1. The average molecular weight is 242 g/mol. The van der Waals surface area contributed by atoms with Crippen molar-refractivity contribution in [3.63, 3.8) is 0 Å². The molecular formula is C12H22N2OS. The van der Waals surface area contributed by atoms with Gasteiger partial charge in [-0.25, -0.2) is 4.98 Å². The number of aromatic nitrogens is 1. The molecule has 0 amide bonds. The van der Waals surface area contributed by atoms with Crippen molar-refractivity contribution < 1.29 is 5.11 Å². The normalized spacial score (nSPS) is 14.1. The third kappa shape index (κ3) is 4.20. The van der Waals surface area contributed by atoms with Crippen LogP contribution in [0.3, 0.4) is 0 Å². The Morgan fingerprint density at radius 2 is 2.19 bits per heavy atom. The minimum Gasteiger partial charge on any atom is -0.396 e. The highest BCUT2D eigenvalue weighted by Crippen LogP contribution is 2.22. The van der Waals surface area contributed by atoms with Gasteiger partial charge in [0.1, 0.15) is 0 Å². The van der Waals surface area contributed by atoms with Crippen molar-refractivity contribution in [3.8, 4) is 0 Å². The minimum absolute atomic E-state index is 0.161. The van der Waals surface area contributed by atoms with E-state index in [1.807, 2.05) is 6.92 Å².